The highest BCUT2D eigenvalue weighted by Crippen LogP contribution is 2.58. The lowest BCUT2D eigenvalue weighted by molar-refractivity contribution is 0.192. The summed E-state index contributed by atoms with van der Waals surface area (Å²) in [6.45, 7) is 5.69. The average molecular weight is 459 g/mol. The SMILES string of the molecule is C[C@H]1[C]2[CH][CH][CH][C]2[C]2[CH][CH][CH][C]2[C@H](C)N1C[C]1[CH][CH][CH][C]1P(c1ccccc1)c1ccccc1. The van der Waals surface area contributed by atoms with Crippen LogP contribution in [-0.2, 0) is 0 Å². The van der Waals surface area contributed by atoms with Crippen LogP contribution in [-0.4, -0.2) is 23.5 Å². The van der Waals surface area contributed by atoms with E-state index in [2.05, 4.69) is 137 Å². The van der Waals surface area contributed by atoms with E-state index in [1.54, 1.807) is 0 Å². The number of rotatable bonds is 5. The predicted octanol–water partition coefficient (Wildman–Crippen LogP) is 5.50. The van der Waals surface area contributed by atoms with E-state index >= 15 is 0 Å². The lowest BCUT2D eigenvalue weighted by Gasteiger charge is -2.40. The molecule has 3 aliphatic carbocycles. The van der Waals surface area contributed by atoms with Gasteiger partial charge in [0.2, 0.25) is 0 Å². The van der Waals surface area contributed by atoms with Crippen LogP contribution < -0.4 is 10.6 Å². The topological polar surface area (TPSA) is 3.24 Å². The summed E-state index contributed by atoms with van der Waals surface area (Å²) in [6, 6.07) is 22.8. The Balaban J connectivity index is 1.30. The molecule has 0 unspecified atom stereocenters. The molecule has 2 aromatic carbocycles. The summed E-state index contributed by atoms with van der Waals surface area (Å²) < 4.78 is 0. The van der Waals surface area contributed by atoms with Crippen molar-refractivity contribution in [3.63, 3.8) is 0 Å². The predicted molar refractivity (Wildman–Crippen MR) is 143 cm³/mol. The minimum atomic E-state index is -0.605. The summed E-state index contributed by atoms with van der Waals surface area (Å²) >= 11 is 0. The molecule has 15 radical (unpaired) electrons. The standard InChI is InChI=1S/C32H29NP/c1-23-28-17-10-19-30(28)31-20-11-18-29(31)24(2)33(23)22-25-12-9-21-32(25)34(26-13-5-3-6-14-26)27-15-7-4-8-16-27/h3-21,23-24H,22H2,1-2H3/t23-,24-/m0/s1. The maximum Gasteiger partial charge on any atom is 0.0208 e. The lowest BCUT2D eigenvalue weighted by Crippen LogP contribution is -2.46. The second kappa shape index (κ2) is 10.1. The molecule has 0 N–H and O–H groups in total. The zero-order valence-corrected chi connectivity index (χ0v) is 20.6. The van der Waals surface area contributed by atoms with Gasteiger partial charge in [0, 0.05) is 42.0 Å². The Kier molecular flexibility index (Phi) is 6.88. The Hall–Kier alpha value is -1.17. The molecule has 1 aliphatic heterocycles. The molecule has 0 aromatic heterocycles. The van der Waals surface area contributed by atoms with Crippen LogP contribution in [0, 0.1) is 93.0 Å². The molecule has 3 saturated carbocycles. The molecule has 0 amide bonds. The zero-order valence-electron chi connectivity index (χ0n) is 19.7. The molecule has 6 rings (SSSR count). The molecule has 4 fully saturated rings. The minimum Gasteiger partial charge on any atom is -0.296 e. The van der Waals surface area contributed by atoms with Gasteiger partial charge in [-0.3, -0.25) is 4.90 Å². The van der Waals surface area contributed by atoms with E-state index in [0.29, 0.717) is 12.1 Å². The van der Waals surface area contributed by atoms with E-state index in [4.69, 9.17) is 0 Å². The number of benzene rings is 2. The fourth-order valence-corrected chi connectivity index (χ4v) is 8.09. The third-order valence-corrected chi connectivity index (χ3v) is 9.93. The highest BCUT2D eigenvalue weighted by Gasteiger charge is 2.52. The minimum absolute atomic E-state index is 0.356. The van der Waals surface area contributed by atoms with Crippen LogP contribution in [0.2, 0.25) is 0 Å². The van der Waals surface area contributed by atoms with Gasteiger partial charge < -0.3 is 0 Å². The van der Waals surface area contributed by atoms with Crippen molar-refractivity contribution in [3.05, 3.63) is 154 Å². The van der Waals surface area contributed by atoms with Crippen molar-refractivity contribution in [2.75, 3.05) is 6.54 Å². The monoisotopic (exact) mass is 458 g/mol. The van der Waals surface area contributed by atoms with Gasteiger partial charge in [0.05, 0.1) is 0 Å². The van der Waals surface area contributed by atoms with Gasteiger partial charge in [-0.15, -0.1) is 0 Å². The first-order chi connectivity index (χ1) is 16.7. The van der Waals surface area contributed by atoms with Crippen molar-refractivity contribution in [1.82, 2.24) is 4.90 Å². The quantitative estimate of drug-likeness (QED) is 0.535. The molecular formula is C32H29NP. The number of fused-ring (bicyclic) bond motifs is 3. The second-order valence-corrected chi connectivity index (χ2v) is 11.4. The molecule has 2 heteroatoms. The fourth-order valence-electron chi connectivity index (χ4n) is 5.63. The number of hydrogen-bond donors (Lipinski definition) is 0. The van der Waals surface area contributed by atoms with Gasteiger partial charge in [-0.05, 0) is 102 Å². The number of hydrogen-bond acceptors (Lipinski definition) is 1. The third-order valence-electron chi connectivity index (χ3n) is 7.39. The van der Waals surface area contributed by atoms with Gasteiger partial charge >= 0.3 is 0 Å². The summed E-state index contributed by atoms with van der Waals surface area (Å²) in [6.07, 6.45) is 20.6. The first-order valence-electron chi connectivity index (χ1n) is 12.1. The maximum atomic E-state index is 2.69. The van der Waals surface area contributed by atoms with Crippen molar-refractivity contribution in [1.29, 1.82) is 0 Å². The van der Waals surface area contributed by atoms with Gasteiger partial charge in [-0.2, -0.15) is 0 Å². The average Bonchev–Trinajstić information content (AvgIpc) is 3.63. The highest BCUT2D eigenvalue weighted by molar-refractivity contribution is 7.76. The van der Waals surface area contributed by atoms with Crippen molar-refractivity contribution >= 4 is 18.5 Å². The zero-order chi connectivity index (χ0) is 23.1. The van der Waals surface area contributed by atoms with E-state index in [-0.39, 0.29) is 0 Å². The second-order valence-electron chi connectivity index (χ2n) is 9.26. The Morgan fingerprint density at radius 3 is 1.65 bits per heavy atom. The molecule has 1 nitrogen and oxygen atoms in total. The van der Waals surface area contributed by atoms with Crippen LogP contribution in [0.15, 0.2) is 60.7 Å². The van der Waals surface area contributed by atoms with Gasteiger partial charge in [0.15, 0.2) is 0 Å². The van der Waals surface area contributed by atoms with Crippen molar-refractivity contribution in [2.45, 2.75) is 25.9 Å². The molecule has 0 spiro atoms. The van der Waals surface area contributed by atoms with Crippen LogP contribution in [0.5, 0.6) is 0 Å². The normalized spacial score (nSPS) is 28.6. The Bertz CT molecular complexity index is 863. The molecule has 1 heterocycles. The van der Waals surface area contributed by atoms with E-state index in [1.165, 1.54) is 45.9 Å². The van der Waals surface area contributed by atoms with Gasteiger partial charge in [0.1, 0.15) is 0 Å². The first-order valence-corrected chi connectivity index (χ1v) is 13.5. The summed E-state index contributed by atoms with van der Waals surface area (Å²) in [4.78, 5) is 2.69. The Morgan fingerprint density at radius 1 is 0.618 bits per heavy atom. The summed E-state index contributed by atoms with van der Waals surface area (Å²) in [7, 11) is -0.605. The summed E-state index contributed by atoms with van der Waals surface area (Å²) in [5.74, 6) is 7.14. The molecule has 4 aliphatic rings. The van der Waals surface area contributed by atoms with Crippen LogP contribution in [0.4, 0.5) is 0 Å². The van der Waals surface area contributed by atoms with Crippen molar-refractivity contribution < 1.29 is 0 Å². The van der Waals surface area contributed by atoms with Gasteiger partial charge in [-0.1, -0.05) is 60.7 Å². The van der Waals surface area contributed by atoms with E-state index in [1.807, 2.05) is 0 Å². The number of likely N-dealkylation sites (tertiary alicyclic amines) is 1. The molecule has 2 atom stereocenters. The summed E-state index contributed by atoms with van der Waals surface area (Å²) in [5, 5.41) is 2.81. The summed E-state index contributed by atoms with van der Waals surface area (Å²) in [5.41, 5.74) is 1.47. The lowest BCUT2D eigenvalue weighted by atomic mass is 9.76. The highest BCUT2D eigenvalue weighted by atomic mass is 31.1. The van der Waals surface area contributed by atoms with Crippen LogP contribution in [0.25, 0.3) is 0 Å². The van der Waals surface area contributed by atoms with E-state index in [9.17, 15) is 0 Å². The molecule has 2 aromatic rings. The van der Waals surface area contributed by atoms with Crippen LogP contribution in [0.3, 0.4) is 0 Å². The molecular weight excluding hydrogens is 429 g/mol. The van der Waals surface area contributed by atoms with E-state index in [0.717, 1.165) is 6.54 Å². The van der Waals surface area contributed by atoms with Crippen molar-refractivity contribution in [2.24, 2.45) is 0 Å². The number of nitrogens with zero attached hydrogens (tertiary/aromatic N) is 1. The first kappa shape index (κ1) is 23.2. The maximum absolute atomic E-state index is 2.69. The molecule has 167 valence electrons. The molecule has 34 heavy (non-hydrogen) atoms. The van der Waals surface area contributed by atoms with Gasteiger partial charge in [0.25, 0.3) is 0 Å². The van der Waals surface area contributed by atoms with Crippen LogP contribution >= 0.6 is 7.92 Å². The Morgan fingerprint density at radius 2 is 1.12 bits per heavy atom. The third kappa shape index (κ3) is 4.20. The fraction of sp³-hybridized carbons (Fsp3) is 0.156. The Labute approximate surface area is 209 Å². The van der Waals surface area contributed by atoms with Crippen molar-refractivity contribution in [3.8, 4) is 0 Å². The smallest absolute Gasteiger partial charge is 0.0208 e. The van der Waals surface area contributed by atoms with E-state index < -0.39 is 7.92 Å². The van der Waals surface area contributed by atoms with Gasteiger partial charge in [-0.25, -0.2) is 0 Å². The largest absolute Gasteiger partial charge is 0.296 e. The molecule has 1 saturated heterocycles. The molecule has 0 bridgehead atoms. The van der Waals surface area contributed by atoms with Crippen LogP contribution in [0.1, 0.15) is 13.8 Å².